The molecule has 4 heterocycles. The first kappa shape index (κ1) is 23.8. The third kappa shape index (κ3) is 5.34. The van der Waals surface area contributed by atoms with Crippen molar-refractivity contribution in [2.24, 2.45) is 11.8 Å². The lowest BCUT2D eigenvalue weighted by atomic mass is 9.76. The van der Waals surface area contributed by atoms with Crippen molar-refractivity contribution in [3.63, 3.8) is 0 Å². The summed E-state index contributed by atoms with van der Waals surface area (Å²) in [5.74, 6) is 1.51. The fraction of sp³-hybridized carbons (Fsp3) is 0.448. The zero-order valence-electron chi connectivity index (χ0n) is 20.4. The van der Waals surface area contributed by atoms with E-state index in [-0.39, 0.29) is 11.7 Å². The fourth-order valence-electron chi connectivity index (χ4n) is 5.54. The van der Waals surface area contributed by atoms with Gasteiger partial charge in [-0.1, -0.05) is 30.3 Å². The highest BCUT2D eigenvalue weighted by atomic mass is 16.5. The van der Waals surface area contributed by atoms with Crippen molar-refractivity contribution in [1.29, 1.82) is 0 Å². The van der Waals surface area contributed by atoms with Gasteiger partial charge >= 0.3 is 0 Å². The monoisotopic (exact) mass is 474 g/mol. The zero-order valence-corrected chi connectivity index (χ0v) is 20.4. The molecule has 3 aromatic rings. The van der Waals surface area contributed by atoms with Crippen LogP contribution in [0, 0.1) is 11.8 Å². The number of nitrogens with zero attached hydrogens (tertiary/aromatic N) is 1. The Balaban J connectivity index is 1.32. The van der Waals surface area contributed by atoms with Crippen molar-refractivity contribution in [2.45, 2.75) is 32.6 Å². The molecule has 0 unspecified atom stereocenters. The van der Waals surface area contributed by atoms with Crippen LogP contribution in [0.3, 0.4) is 0 Å². The number of Topliss-reactive ketones (excluding diaryl/α,β-unsaturated/α-hetero) is 1. The summed E-state index contributed by atoms with van der Waals surface area (Å²) in [7, 11) is 0. The average Bonchev–Trinajstić information content (AvgIpc) is 3.34. The third-order valence-corrected chi connectivity index (χ3v) is 7.45. The summed E-state index contributed by atoms with van der Waals surface area (Å²) in [6.07, 6.45) is 3.74. The number of furan rings is 1. The van der Waals surface area contributed by atoms with Crippen LogP contribution in [0.25, 0.3) is 22.1 Å². The van der Waals surface area contributed by atoms with Gasteiger partial charge in [0.25, 0.3) is 5.91 Å². The molecule has 3 fully saturated rings. The molecule has 0 radical (unpaired) electrons. The molecule has 1 N–H and O–H groups in total. The minimum atomic E-state index is -0.108. The van der Waals surface area contributed by atoms with Gasteiger partial charge in [-0.2, -0.15) is 0 Å². The van der Waals surface area contributed by atoms with Crippen LogP contribution in [0.5, 0.6) is 0 Å². The zero-order chi connectivity index (χ0) is 24.2. The summed E-state index contributed by atoms with van der Waals surface area (Å²) in [4.78, 5) is 28.3. The second-order valence-electron chi connectivity index (χ2n) is 9.75. The lowest BCUT2D eigenvalue weighted by Gasteiger charge is -2.44. The number of rotatable bonds is 10. The van der Waals surface area contributed by atoms with Crippen LogP contribution in [-0.2, 0) is 4.74 Å². The molecule has 6 nitrogen and oxygen atoms in total. The number of hydrogen-bond donors (Lipinski definition) is 1. The van der Waals surface area contributed by atoms with Gasteiger partial charge in [-0.25, -0.2) is 0 Å². The molecule has 184 valence electrons. The summed E-state index contributed by atoms with van der Waals surface area (Å²) < 4.78 is 11.5. The molecule has 3 saturated heterocycles. The number of para-hydroxylation sites is 1. The van der Waals surface area contributed by atoms with Crippen molar-refractivity contribution in [3.8, 4) is 11.1 Å². The normalized spacial score (nSPS) is 21.3. The van der Waals surface area contributed by atoms with Crippen molar-refractivity contribution >= 4 is 22.7 Å². The molecule has 2 bridgehead atoms. The largest absolute Gasteiger partial charge is 0.452 e. The Kier molecular flexibility index (Phi) is 7.30. The van der Waals surface area contributed by atoms with Crippen LogP contribution < -0.4 is 5.32 Å². The van der Waals surface area contributed by atoms with Crippen molar-refractivity contribution in [2.75, 3.05) is 39.4 Å². The van der Waals surface area contributed by atoms with Crippen LogP contribution in [0.15, 0.2) is 52.9 Å². The molecule has 0 spiro atoms. The number of ketones is 1. The first-order valence-electron chi connectivity index (χ1n) is 12.9. The summed E-state index contributed by atoms with van der Waals surface area (Å²) in [6, 6.07) is 15.3. The minimum Gasteiger partial charge on any atom is -0.452 e. The van der Waals surface area contributed by atoms with E-state index in [4.69, 9.17) is 9.15 Å². The summed E-state index contributed by atoms with van der Waals surface area (Å²) in [5, 5.41) is 3.86. The number of fused-ring (bicyclic) bond motifs is 4. The van der Waals surface area contributed by atoms with Crippen LogP contribution in [0.4, 0.5) is 0 Å². The SMILES string of the molecule is CCOCCCNC(=O)c1cccc(-c2cccc3cc(C(=O)C[C@H]4CN5CCC4CC5)oc23)c1. The van der Waals surface area contributed by atoms with Crippen LogP contribution in [0.1, 0.15) is 53.5 Å². The Labute approximate surface area is 206 Å². The number of ether oxygens (including phenoxy) is 1. The standard InChI is InChI=1S/C29H34N2O4/c1-2-34-15-5-12-30-29(33)23-8-3-6-21(16-23)25-9-4-7-22-18-27(35-28(22)25)26(32)17-24-19-31-13-10-20(24)11-14-31/h3-4,6-9,16,18,20,24H,2,5,10-15,17,19H2,1H3,(H,30,33)/t24-/m0/s1. The second-order valence-corrected chi connectivity index (χ2v) is 9.75. The van der Waals surface area contributed by atoms with Crippen LogP contribution in [0.2, 0.25) is 0 Å². The molecular weight excluding hydrogens is 440 g/mol. The molecule has 6 rings (SSSR count). The van der Waals surface area contributed by atoms with Gasteiger partial charge in [-0.05, 0) is 74.9 Å². The first-order valence-corrected chi connectivity index (χ1v) is 12.9. The maximum Gasteiger partial charge on any atom is 0.251 e. The maximum absolute atomic E-state index is 13.1. The van der Waals surface area contributed by atoms with E-state index in [1.807, 2.05) is 55.5 Å². The Hall–Kier alpha value is -2.96. The minimum absolute atomic E-state index is 0.0890. The lowest BCUT2D eigenvalue weighted by molar-refractivity contribution is 0.0433. The number of carbonyl (C=O) groups excluding carboxylic acids is 2. The highest BCUT2D eigenvalue weighted by Gasteiger charge is 2.35. The van der Waals surface area contributed by atoms with Crippen molar-refractivity contribution < 1.29 is 18.7 Å². The second kappa shape index (κ2) is 10.8. The summed E-state index contributed by atoms with van der Waals surface area (Å²) >= 11 is 0. The quantitative estimate of drug-likeness (QED) is 0.324. The van der Waals surface area contributed by atoms with Gasteiger partial charge < -0.3 is 19.4 Å². The number of carbonyl (C=O) groups is 2. The highest BCUT2D eigenvalue weighted by molar-refractivity contribution is 6.02. The molecule has 0 aliphatic carbocycles. The van der Waals surface area contributed by atoms with E-state index in [1.54, 1.807) is 0 Å². The summed E-state index contributed by atoms with van der Waals surface area (Å²) in [6.45, 7) is 7.23. The predicted molar refractivity (Wildman–Crippen MR) is 137 cm³/mol. The molecule has 6 heteroatoms. The van der Waals surface area contributed by atoms with E-state index >= 15 is 0 Å². The molecule has 2 aromatic carbocycles. The van der Waals surface area contributed by atoms with Gasteiger partial charge in [0.05, 0.1) is 0 Å². The summed E-state index contributed by atoms with van der Waals surface area (Å²) in [5.41, 5.74) is 3.07. The third-order valence-electron chi connectivity index (χ3n) is 7.45. The number of piperidine rings is 3. The van der Waals surface area contributed by atoms with Gasteiger partial charge in [-0.3, -0.25) is 9.59 Å². The maximum atomic E-state index is 13.1. The molecule has 35 heavy (non-hydrogen) atoms. The van der Waals surface area contributed by atoms with E-state index in [2.05, 4.69) is 10.2 Å². The molecule has 1 atom stereocenters. The van der Waals surface area contributed by atoms with Crippen LogP contribution in [-0.4, -0.2) is 56.0 Å². The topological polar surface area (TPSA) is 71.8 Å². The van der Waals surface area contributed by atoms with E-state index in [1.165, 1.54) is 25.9 Å². The molecule has 1 amide bonds. The van der Waals surface area contributed by atoms with Crippen LogP contribution >= 0.6 is 0 Å². The molecule has 1 aromatic heterocycles. The lowest BCUT2D eigenvalue weighted by Crippen LogP contribution is -2.47. The smallest absolute Gasteiger partial charge is 0.251 e. The molecule has 3 aliphatic rings. The average molecular weight is 475 g/mol. The van der Waals surface area contributed by atoms with E-state index < -0.39 is 0 Å². The van der Waals surface area contributed by atoms with Gasteiger partial charge in [-0.15, -0.1) is 0 Å². The van der Waals surface area contributed by atoms with Crippen molar-refractivity contribution in [3.05, 3.63) is 59.9 Å². The van der Waals surface area contributed by atoms with Gasteiger partial charge in [0.1, 0.15) is 5.58 Å². The molecule has 0 saturated carbocycles. The van der Waals surface area contributed by atoms with E-state index in [0.29, 0.717) is 54.9 Å². The fourth-order valence-corrected chi connectivity index (χ4v) is 5.54. The number of amides is 1. The predicted octanol–water partition coefficient (Wildman–Crippen LogP) is 5.17. The Bertz CT molecular complexity index is 1190. The Morgan fingerprint density at radius 1 is 1.11 bits per heavy atom. The number of nitrogens with one attached hydrogen (secondary N) is 1. The number of hydrogen-bond acceptors (Lipinski definition) is 5. The van der Waals surface area contributed by atoms with Crippen molar-refractivity contribution in [1.82, 2.24) is 10.2 Å². The molecule has 3 aliphatic heterocycles. The van der Waals surface area contributed by atoms with Gasteiger partial charge in [0.2, 0.25) is 0 Å². The van der Waals surface area contributed by atoms with E-state index in [9.17, 15) is 9.59 Å². The van der Waals surface area contributed by atoms with Gasteiger partial charge in [0.15, 0.2) is 11.5 Å². The first-order chi connectivity index (χ1) is 17.1. The van der Waals surface area contributed by atoms with E-state index in [0.717, 1.165) is 29.5 Å². The van der Waals surface area contributed by atoms with Gasteiger partial charge in [0, 0.05) is 49.2 Å². The highest BCUT2D eigenvalue weighted by Crippen LogP contribution is 2.36. The molecular formula is C29H34N2O4. The number of benzene rings is 2. The Morgan fingerprint density at radius 3 is 2.71 bits per heavy atom. The Morgan fingerprint density at radius 2 is 1.94 bits per heavy atom.